The smallest absolute Gasteiger partial charge is 0.243 e. The van der Waals surface area contributed by atoms with Crippen molar-refractivity contribution in [1.82, 2.24) is 4.31 Å². The van der Waals surface area contributed by atoms with E-state index in [1.807, 2.05) is 0 Å². The van der Waals surface area contributed by atoms with Crippen LogP contribution >= 0.6 is 0 Å². The van der Waals surface area contributed by atoms with E-state index in [-0.39, 0.29) is 28.5 Å². The fourth-order valence-electron chi connectivity index (χ4n) is 3.44. The molecule has 8 heteroatoms. The van der Waals surface area contributed by atoms with Gasteiger partial charge in [-0.25, -0.2) is 8.42 Å². The van der Waals surface area contributed by atoms with Crippen LogP contribution in [0.4, 0.5) is 0 Å². The molecule has 0 saturated carbocycles. The number of nitrogens with zero attached hydrogens (tertiary/aromatic N) is 1. The fraction of sp³-hybridized carbons (Fsp3) is 0.278. The van der Waals surface area contributed by atoms with E-state index in [9.17, 15) is 28.5 Å². The molecule has 0 spiro atoms. The molecule has 3 rings (SSSR count). The van der Waals surface area contributed by atoms with Crippen LogP contribution < -0.4 is 0 Å². The lowest BCUT2D eigenvalue weighted by molar-refractivity contribution is 0.111. The minimum atomic E-state index is -3.78. The Labute approximate surface area is 151 Å². The van der Waals surface area contributed by atoms with Crippen molar-refractivity contribution in [3.63, 3.8) is 0 Å². The van der Waals surface area contributed by atoms with Crippen LogP contribution in [0.1, 0.15) is 28.3 Å². The Bertz CT molecular complexity index is 890. The van der Waals surface area contributed by atoms with Gasteiger partial charge in [-0.3, -0.25) is 4.79 Å². The van der Waals surface area contributed by atoms with E-state index < -0.39 is 28.6 Å². The van der Waals surface area contributed by atoms with Gasteiger partial charge in [0.15, 0.2) is 6.29 Å². The summed E-state index contributed by atoms with van der Waals surface area (Å²) in [6.07, 6.45) is 0.759. The van der Waals surface area contributed by atoms with Gasteiger partial charge in [0, 0.05) is 12.5 Å². The van der Waals surface area contributed by atoms with Crippen molar-refractivity contribution in [2.45, 2.75) is 23.3 Å². The van der Waals surface area contributed by atoms with Crippen molar-refractivity contribution >= 4 is 16.3 Å². The lowest BCUT2D eigenvalue weighted by atomic mass is 9.91. The molecule has 1 aliphatic heterocycles. The highest BCUT2D eigenvalue weighted by atomic mass is 32.2. The van der Waals surface area contributed by atoms with Gasteiger partial charge in [-0.05, 0) is 36.2 Å². The molecule has 1 saturated heterocycles. The fourth-order valence-corrected chi connectivity index (χ4v) is 5.13. The van der Waals surface area contributed by atoms with E-state index >= 15 is 0 Å². The molecule has 2 aromatic rings. The van der Waals surface area contributed by atoms with Crippen LogP contribution in [0.3, 0.4) is 0 Å². The third-order valence-corrected chi connectivity index (χ3v) is 6.68. The number of aliphatic hydroxyl groups excluding tert-OH is 1. The van der Waals surface area contributed by atoms with Crippen LogP contribution in [-0.2, 0) is 10.0 Å². The van der Waals surface area contributed by atoms with E-state index in [1.54, 1.807) is 18.2 Å². The van der Waals surface area contributed by atoms with Crippen LogP contribution in [0.2, 0.25) is 0 Å². The van der Waals surface area contributed by atoms with Crippen molar-refractivity contribution in [3.05, 3.63) is 53.6 Å². The summed E-state index contributed by atoms with van der Waals surface area (Å²) in [4.78, 5) is 11.0. The van der Waals surface area contributed by atoms with Crippen molar-refractivity contribution in [3.8, 4) is 11.5 Å². The van der Waals surface area contributed by atoms with E-state index in [0.29, 0.717) is 18.3 Å². The summed E-state index contributed by atoms with van der Waals surface area (Å²) in [7, 11) is -3.78. The number of hydrogen-bond acceptors (Lipinski definition) is 6. The van der Waals surface area contributed by atoms with Gasteiger partial charge in [-0.2, -0.15) is 4.31 Å². The summed E-state index contributed by atoms with van der Waals surface area (Å²) in [5.74, 6) is -1.18. The Morgan fingerprint density at radius 2 is 1.73 bits per heavy atom. The number of phenols is 2. The molecular weight excluding hydrogens is 358 g/mol. The van der Waals surface area contributed by atoms with Crippen molar-refractivity contribution in [2.75, 3.05) is 13.2 Å². The van der Waals surface area contributed by atoms with Gasteiger partial charge >= 0.3 is 0 Å². The molecule has 1 unspecified atom stereocenters. The summed E-state index contributed by atoms with van der Waals surface area (Å²) in [5, 5.41) is 29.6. The highest BCUT2D eigenvalue weighted by Gasteiger charge is 2.42. The number of benzene rings is 2. The van der Waals surface area contributed by atoms with E-state index in [0.717, 1.165) is 0 Å². The molecular formula is C18H19NO6S. The van der Waals surface area contributed by atoms with Gasteiger partial charge in [0.05, 0.1) is 23.1 Å². The molecule has 7 nitrogen and oxygen atoms in total. The predicted molar refractivity (Wildman–Crippen MR) is 93.7 cm³/mol. The first-order valence-corrected chi connectivity index (χ1v) is 9.53. The van der Waals surface area contributed by atoms with Crippen LogP contribution in [-0.4, -0.2) is 53.5 Å². The molecule has 0 aliphatic carbocycles. The van der Waals surface area contributed by atoms with Crippen LogP contribution in [0, 0.1) is 0 Å². The van der Waals surface area contributed by atoms with Gasteiger partial charge in [-0.1, -0.05) is 18.2 Å². The quantitative estimate of drug-likeness (QED) is 0.680. The molecule has 26 heavy (non-hydrogen) atoms. The lowest BCUT2D eigenvalue weighted by Crippen LogP contribution is -2.39. The first kappa shape index (κ1) is 18.4. The summed E-state index contributed by atoms with van der Waals surface area (Å²) < 4.78 is 27.0. The van der Waals surface area contributed by atoms with Gasteiger partial charge in [-0.15, -0.1) is 0 Å². The molecule has 1 fully saturated rings. The lowest BCUT2D eigenvalue weighted by Gasteiger charge is -2.26. The van der Waals surface area contributed by atoms with E-state index in [2.05, 4.69) is 0 Å². The largest absolute Gasteiger partial charge is 0.507 e. The minimum absolute atomic E-state index is 0.140. The first-order valence-electron chi connectivity index (χ1n) is 8.09. The molecule has 1 aliphatic rings. The Kier molecular flexibility index (Phi) is 4.99. The topological polar surface area (TPSA) is 115 Å². The maximum absolute atomic E-state index is 12.9. The molecule has 0 bridgehead atoms. The summed E-state index contributed by atoms with van der Waals surface area (Å²) >= 11 is 0. The second-order valence-electron chi connectivity index (χ2n) is 6.16. The molecule has 138 valence electrons. The van der Waals surface area contributed by atoms with Crippen LogP contribution in [0.25, 0.3) is 0 Å². The Hall–Kier alpha value is -2.42. The molecule has 1 heterocycles. The number of phenolic OH excluding ortho intramolecular Hbond substituents is 2. The molecule has 2 aromatic carbocycles. The van der Waals surface area contributed by atoms with Crippen molar-refractivity contribution in [1.29, 1.82) is 0 Å². The van der Waals surface area contributed by atoms with Crippen molar-refractivity contribution in [2.24, 2.45) is 0 Å². The number of hydrogen-bond donors (Lipinski definition) is 3. The van der Waals surface area contributed by atoms with Crippen LogP contribution in [0.5, 0.6) is 11.5 Å². The molecule has 3 N–H and O–H groups in total. The maximum Gasteiger partial charge on any atom is 0.243 e. The van der Waals surface area contributed by atoms with Gasteiger partial charge < -0.3 is 15.3 Å². The van der Waals surface area contributed by atoms with E-state index in [4.69, 9.17) is 0 Å². The Morgan fingerprint density at radius 1 is 1.12 bits per heavy atom. The first-order chi connectivity index (χ1) is 12.4. The highest BCUT2D eigenvalue weighted by Crippen LogP contribution is 2.40. The van der Waals surface area contributed by atoms with E-state index in [1.165, 1.54) is 28.6 Å². The average molecular weight is 377 g/mol. The summed E-state index contributed by atoms with van der Waals surface area (Å²) in [6.45, 7) is -0.211. The molecule has 0 radical (unpaired) electrons. The highest BCUT2D eigenvalue weighted by molar-refractivity contribution is 7.89. The Balaban J connectivity index is 1.97. The zero-order chi connectivity index (χ0) is 18.9. The summed E-state index contributed by atoms with van der Waals surface area (Å²) in [5.41, 5.74) is 0.247. The number of carbonyl (C=O) groups is 1. The molecule has 0 aromatic heterocycles. The normalized spacial score (nSPS) is 21.0. The molecule has 0 amide bonds. The number of sulfonamides is 1. The second kappa shape index (κ2) is 7.06. The minimum Gasteiger partial charge on any atom is -0.507 e. The number of aldehydes is 1. The maximum atomic E-state index is 12.9. The number of aromatic hydroxyl groups is 2. The monoisotopic (exact) mass is 377 g/mol. The molecule has 2 atom stereocenters. The number of rotatable bonds is 5. The van der Waals surface area contributed by atoms with Gasteiger partial charge in [0.25, 0.3) is 0 Å². The number of aliphatic hydroxyl groups is 1. The van der Waals surface area contributed by atoms with Crippen molar-refractivity contribution < 1.29 is 28.5 Å². The van der Waals surface area contributed by atoms with Gasteiger partial charge in [0.1, 0.15) is 11.5 Å². The zero-order valence-electron chi connectivity index (χ0n) is 13.8. The standard InChI is InChI=1S/C18H19NO6S/c20-10-15-17(22)8-12(9-18(15)23)14-6-7-19(16(14)11-21)26(24,25)13-4-2-1-3-5-13/h1-5,8-10,14,16,21-23H,6-7,11H2/t14?,16-/m1/s1. The third-order valence-electron chi connectivity index (χ3n) is 4.74. The summed E-state index contributed by atoms with van der Waals surface area (Å²) in [6, 6.07) is 9.88. The zero-order valence-corrected chi connectivity index (χ0v) is 14.6. The second-order valence-corrected chi connectivity index (χ2v) is 8.06. The SMILES string of the molecule is O=Cc1c(O)cc(C2CCN(S(=O)(=O)c3ccccc3)[C@@H]2CO)cc1O. The number of carbonyl (C=O) groups excluding carboxylic acids is 1. The third kappa shape index (κ3) is 3.07. The Morgan fingerprint density at radius 3 is 2.27 bits per heavy atom. The van der Waals surface area contributed by atoms with Gasteiger partial charge in [0.2, 0.25) is 10.0 Å². The average Bonchev–Trinajstić information content (AvgIpc) is 3.07. The van der Waals surface area contributed by atoms with Crippen LogP contribution in [0.15, 0.2) is 47.4 Å². The predicted octanol–water partition coefficient (Wildman–Crippen LogP) is 1.45.